The highest BCUT2D eigenvalue weighted by molar-refractivity contribution is 6.42. The number of nitrogens with zero attached hydrogens (tertiary/aromatic N) is 1. The summed E-state index contributed by atoms with van der Waals surface area (Å²) in [4.78, 5) is 13.9. The van der Waals surface area contributed by atoms with Crippen molar-refractivity contribution in [3.05, 3.63) is 91.9 Å². The van der Waals surface area contributed by atoms with Crippen LogP contribution in [0.4, 0.5) is 13.2 Å². The maximum atomic E-state index is 13.4. The molecule has 0 aromatic heterocycles. The van der Waals surface area contributed by atoms with Crippen LogP contribution < -0.4 is 15.2 Å². The zero-order valence-electron chi connectivity index (χ0n) is 22.0. The van der Waals surface area contributed by atoms with Crippen LogP contribution in [-0.4, -0.2) is 43.3 Å². The van der Waals surface area contributed by atoms with Crippen LogP contribution in [0.5, 0.6) is 11.5 Å². The molecule has 0 aliphatic rings. The van der Waals surface area contributed by atoms with E-state index in [1.165, 1.54) is 12.1 Å². The number of alkyl halides is 3. The third-order valence-electron chi connectivity index (χ3n) is 6.09. The van der Waals surface area contributed by atoms with E-state index in [0.29, 0.717) is 27.0 Å². The molecule has 1 atom stereocenters. The fourth-order valence-electron chi connectivity index (χ4n) is 4.23. The van der Waals surface area contributed by atoms with E-state index >= 15 is 0 Å². The van der Waals surface area contributed by atoms with Gasteiger partial charge in [0.25, 0.3) is 0 Å². The average molecular weight is 618 g/mol. The van der Waals surface area contributed by atoms with Gasteiger partial charge in [0.15, 0.2) is 0 Å². The van der Waals surface area contributed by atoms with E-state index in [9.17, 15) is 18.0 Å². The molecule has 0 fully saturated rings. The Balaban J connectivity index is 1.61. The number of aryl methyl sites for hydroxylation is 2. The number of carbonyl (C=O) groups excluding carboxylic acids is 1. The van der Waals surface area contributed by atoms with Gasteiger partial charge in [-0.25, -0.2) is 0 Å². The predicted molar refractivity (Wildman–Crippen MR) is 153 cm³/mol. The van der Waals surface area contributed by atoms with E-state index in [0.717, 1.165) is 16.7 Å². The summed E-state index contributed by atoms with van der Waals surface area (Å²) in [5.74, 6) is -0.411. The van der Waals surface area contributed by atoms with E-state index in [1.807, 2.05) is 26.0 Å². The van der Waals surface area contributed by atoms with Crippen molar-refractivity contribution in [2.24, 2.45) is 11.7 Å². The summed E-state index contributed by atoms with van der Waals surface area (Å²) in [6.45, 7) is 2.50. The Hall–Kier alpha value is -2.65. The molecule has 1 unspecified atom stereocenters. The van der Waals surface area contributed by atoms with E-state index in [1.54, 1.807) is 30.3 Å². The molecule has 0 radical (unpaired) electrons. The van der Waals surface area contributed by atoms with Gasteiger partial charge in [0, 0.05) is 13.1 Å². The van der Waals surface area contributed by atoms with Crippen LogP contribution >= 0.6 is 34.8 Å². The monoisotopic (exact) mass is 616 g/mol. The first-order valence-electron chi connectivity index (χ1n) is 12.5. The van der Waals surface area contributed by atoms with Gasteiger partial charge in [0.2, 0.25) is 5.91 Å². The SMILES string of the molecule is Cc1cc(C)c(OCCOc2ccc(CC(CN)C(=O)N(Cc3cccc(Cl)c3Cl)CC(F)(F)F)cc2)c(Cl)c1. The number of halogens is 6. The molecule has 11 heteroatoms. The number of rotatable bonds is 12. The van der Waals surface area contributed by atoms with Crippen molar-refractivity contribution in [3.63, 3.8) is 0 Å². The van der Waals surface area contributed by atoms with Crippen LogP contribution in [0.15, 0.2) is 54.6 Å². The summed E-state index contributed by atoms with van der Waals surface area (Å²) in [6, 6.07) is 15.4. The molecule has 5 nitrogen and oxygen atoms in total. The summed E-state index contributed by atoms with van der Waals surface area (Å²) in [6.07, 6.45) is -4.45. The molecule has 0 saturated carbocycles. The predicted octanol–water partition coefficient (Wildman–Crippen LogP) is 7.43. The molecule has 0 aliphatic heterocycles. The normalized spacial score (nSPS) is 12.2. The highest BCUT2D eigenvalue weighted by atomic mass is 35.5. The lowest BCUT2D eigenvalue weighted by Crippen LogP contribution is -2.44. The van der Waals surface area contributed by atoms with Gasteiger partial charge in [0.05, 0.1) is 21.0 Å². The third-order valence-corrected chi connectivity index (χ3v) is 7.22. The number of carbonyl (C=O) groups is 1. The van der Waals surface area contributed by atoms with Gasteiger partial charge in [-0.15, -0.1) is 0 Å². The second kappa shape index (κ2) is 14.3. The number of nitrogens with two attached hydrogens (primary N) is 1. The summed E-state index contributed by atoms with van der Waals surface area (Å²) in [5.41, 5.74) is 8.85. The second-order valence-electron chi connectivity index (χ2n) is 9.39. The molecule has 1 amide bonds. The van der Waals surface area contributed by atoms with Crippen molar-refractivity contribution >= 4 is 40.7 Å². The summed E-state index contributed by atoms with van der Waals surface area (Å²) < 4.78 is 51.6. The maximum absolute atomic E-state index is 13.4. The molecule has 2 N–H and O–H groups in total. The lowest BCUT2D eigenvalue weighted by Gasteiger charge is -2.28. The average Bonchev–Trinajstić information content (AvgIpc) is 2.88. The lowest BCUT2D eigenvalue weighted by atomic mass is 9.97. The molecule has 0 saturated heterocycles. The van der Waals surface area contributed by atoms with Gasteiger partial charge < -0.3 is 20.1 Å². The molecular weight excluding hydrogens is 588 g/mol. The van der Waals surface area contributed by atoms with Gasteiger partial charge in [-0.2, -0.15) is 13.2 Å². The minimum absolute atomic E-state index is 0.103. The molecule has 0 heterocycles. The largest absolute Gasteiger partial charge is 0.490 e. The van der Waals surface area contributed by atoms with Crippen molar-refractivity contribution in [3.8, 4) is 11.5 Å². The Morgan fingerprint density at radius 1 is 0.975 bits per heavy atom. The zero-order valence-corrected chi connectivity index (χ0v) is 24.3. The van der Waals surface area contributed by atoms with Crippen molar-refractivity contribution in [2.75, 3.05) is 26.3 Å². The van der Waals surface area contributed by atoms with Gasteiger partial charge in [0.1, 0.15) is 31.3 Å². The second-order valence-corrected chi connectivity index (χ2v) is 10.6. The molecular formula is C29H30Cl3F3N2O3. The summed E-state index contributed by atoms with van der Waals surface area (Å²) in [5, 5.41) is 0.832. The van der Waals surface area contributed by atoms with E-state index in [2.05, 4.69) is 0 Å². The number of hydrogen-bond acceptors (Lipinski definition) is 4. The Morgan fingerprint density at radius 3 is 2.27 bits per heavy atom. The number of amides is 1. The standard InChI is InChI=1S/C29H30Cl3F3N2O3/c1-18-12-19(2)27(25(31)13-18)40-11-10-39-23-8-6-20(7-9-23)14-22(15-36)28(38)37(17-29(33,34)35)16-21-4-3-5-24(30)26(21)32/h3-9,12-13,22H,10-11,14-17,36H2,1-2H3. The number of ether oxygens (including phenoxy) is 2. The molecule has 216 valence electrons. The summed E-state index contributed by atoms with van der Waals surface area (Å²) >= 11 is 18.4. The Bertz CT molecular complexity index is 1280. The van der Waals surface area contributed by atoms with Crippen LogP contribution in [0, 0.1) is 19.8 Å². The minimum atomic E-state index is -4.61. The first-order valence-corrected chi connectivity index (χ1v) is 13.6. The van der Waals surface area contributed by atoms with Crippen molar-refractivity contribution in [1.29, 1.82) is 0 Å². The molecule has 0 aliphatic carbocycles. The zero-order chi connectivity index (χ0) is 29.4. The van der Waals surface area contributed by atoms with Crippen LogP contribution in [0.2, 0.25) is 15.1 Å². The van der Waals surface area contributed by atoms with E-state index < -0.39 is 24.5 Å². The summed E-state index contributed by atoms with van der Waals surface area (Å²) in [7, 11) is 0. The Labute approximate surface area is 246 Å². The number of benzene rings is 3. The smallest absolute Gasteiger partial charge is 0.406 e. The molecule has 3 rings (SSSR count). The van der Waals surface area contributed by atoms with Gasteiger partial charge >= 0.3 is 6.18 Å². The van der Waals surface area contributed by atoms with Crippen molar-refractivity contribution in [2.45, 2.75) is 33.0 Å². The molecule has 0 spiro atoms. The maximum Gasteiger partial charge on any atom is 0.406 e. The van der Waals surface area contributed by atoms with E-state index in [4.69, 9.17) is 50.0 Å². The van der Waals surface area contributed by atoms with Crippen LogP contribution in [0.1, 0.15) is 22.3 Å². The molecule has 3 aromatic rings. The van der Waals surface area contributed by atoms with Gasteiger partial charge in [-0.3, -0.25) is 4.79 Å². The molecule has 0 bridgehead atoms. The van der Waals surface area contributed by atoms with Gasteiger partial charge in [-0.05, 0) is 66.8 Å². The first kappa shape index (κ1) is 31.9. The molecule has 3 aromatic carbocycles. The Kier molecular flexibility index (Phi) is 11.4. The first-order chi connectivity index (χ1) is 18.9. The third kappa shape index (κ3) is 9.20. The van der Waals surface area contributed by atoms with Crippen LogP contribution in [0.25, 0.3) is 0 Å². The van der Waals surface area contributed by atoms with Crippen molar-refractivity contribution in [1.82, 2.24) is 4.90 Å². The topological polar surface area (TPSA) is 64.8 Å². The number of hydrogen-bond donors (Lipinski definition) is 1. The lowest BCUT2D eigenvalue weighted by molar-refractivity contribution is -0.164. The van der Waals surface area contributed by atoms with Crippen LogP contribution in [-0.2, 0) is 17.8 Å². The Morgan fingerprint density at radius 2 is 1.65 bits per heavy atom. The fraction of sp³-hybridized carbons (Fsp3) is 0.345. The van der Waals surface area contributed by atoms with Crippen molar-refractivity contribution < 1.29 is 27.4 Å². The molecule has 40 heavy (non-hydrogen) atoms. The highest BCUT2D eigenvalue weighted by Crippen LogP contribution is 2.30. The minimum Gasteiger partial charge on any atom is -0.490 e. The van der Waals surface area contributed by atoms with Gasteiger partial charge in [-0.1, -0.05) is 65.1 Å². The quantitative estimate of drug-likeness (QED) is 0.215. The fourth-order valence-corrected chi connectivity index (χ4v) is 4.98. The highest BCUT2D eigenvalue weighted by Gasteiger charge is 2.35. The van der Waals surface area contributed by atoms with E-state index in [-0.39, 0.29) is 42.8 Å². The van der Waals surface area contributed by atoms with Crippen LogP contribution in [0.3, 0.4) is 0 Å².